The molecule has 0 unspecified atom stereocenters. The second kappa shape index (κ2) is 3.18. The highest BCUT2D eigenvalue weighted by Gasteiger charge is 2.39. The first kappa shape index (κ1) is 9.73. The van der Waals surface area contributed by atoms with Crippen LogP contribution in [0.5, 0.6) is 0 Å². The van der Waals surface area contributed by atoms with Crippen molar-refractivity contribution < 1.29 is 18.0 Å². The molecule has 1 heterocycles. The molecule has 0 aliphatic carbocycles. The monoisotopic (exact) mass is 258 g/mol. The van der Waals surface area contributed by atoms with E-state index in [0.29, 0.717) is 3.79 Å². The predicted molar refractivity (Wildman–Crippen MR) is 42.4 cm³/mol. The number of rotatable bonds is 1. The number of thiophene rings is 1. The minimum absolute atomic E-state index is 0.320. The van der Waals surface area contributed by atoms with Crippen LogP contribution < -0.4 is 0 Å². The highest BCUT2D eigenvalue weighted by atomic mass is 79.9. The van der Waals surface area contributed by atoms with E-state index in [-0.39, 0.29) is 5.56 Å². The molecule has 66 valence electrons. The van der Waals surface area contributed by atoms with Crippen LogP contribution in [0.15, 0.2) is 15.2 Å². The van der Waals surface area contributed by atoms with Crippen LogP contribution in [0.25, 0.3) is 0 Å². The van der Waals surface area contributed by atoms with E-state index in [4.69, 9.17) is 0 Å². The molecule has 0 aliphatic rings. The van der Waals surface area contributed by atoms with Gasteiger partial charge in [-0.3, -0.25) is 4.79 Å². The van der Waals surface area contributed by atoms with Gasteiger partial charge in [-0.25, -0.2) is 0 Å². The number of carbonyl (C=O) groups excluding carboxylic acids is 1. The van der Waals surface area contributed by atoms with Crippen LogP contribution in [0, 0.1) is 0 Å². The van der Waals surface area contributed by atoms with Crippen LogP contribution in [0.2, 0.25) is 0 Å². The highest BCUT2D eigenvalue weighted by molar-refractivity contribution is 9.11. The van der Waals surface area contributed by atoms with Gasteiger partial charge in [-0.15, -0.1) is 11.3 Å². The minimum Gasteiger partial charge on any atom is -0.284 e. The van der Waals surface area contributed by atoms with E-state index >= 15 is 0 Å². The SMILES string of the molecule is O=C(c1csc(Br)c1)C(F)(F)F. The minimum atomic E-state index is -4.78. The van der Waals surface area contributed by atoms with Crippen LogP contribution >= 0.6 is 27.3 Å². The van der Waals surface area contributed by atoms with E-state index in [2.05, 4.69) is 15.9 Å². The summed E-state index contributed by atoms with van der Waals surface area (Å²) < 4.78 is 35.9. The molecule has 12 heavy (non-hydrogen) atoms. The van der Waals surface area contributed by atoms with Gasteiger partial charge < -0.3 is 0 Å². The molecule has 0 atom stereocenters. The molecule has 0 spiro atoms. The maximum absolute atomic E-state index is 11.8. The van der Waals surface area contributed by atoms with E-state index in [1.165, 1.54) is 5.38 Å². The lowest BCUT2D eigenvalue weighted by molar-refractivity contribution is -0.0884. The number of halogens is 4. The molecule has 6 heteroatoms. The average Bonchev–Trinajstić information content (AvgIpc) is 2.32. The molecule has 0 fully saturated rings. The van der Waals surface area contributed by atoms with E-state index in [0.717, 1.165) is 17.4 Å². The normalized spacial score (nSPS) is 11.7. The van der Waals surface area contributed by atoms with E-state index in [9.17, 15) is 18.0 Å². The lowest BCUT2D eigenvalue weighted by Crippen LogP contribution is -2.21. The first-order chi connectivity index (χ1) is 5.41. The number of alkyl halides is 3. The predicted octanol–water partition coefficient (Wildman–Crippen LogP) is 3.26. The quantitative estimate of drug-likeness (QED) is 0.707. The standard InChI is InChI=1S/C6H2BrF3OS/c7-4-1-3(2-12-4)5(11)6(8,9)10/h1-2H. The molecular formula is C6H2BrF3OS. The van der Waals surface area contributed by atoms with Gasteiger partial charge in [0.2, 0.25) is 0 Å². The van der Waals surface area contributed by atoms with Crippen molar-refractivity contribution in [1.82, 2.24) is 0 Å². The lowest BCUT2D eigenvalue weighted by atomic mass is 10.2. The molecular weight excluding hydrogens is 257 g/mol. The fourth-order valence-corrected chi connectivity index (χ4v) is 1.73. The molecule has 0 saturated heterocycles. The van der Waals surface area contributed by atoms with Crippen LogP contribution in [-0.2, 0) is 0 Å². The summed E-state index contributed by atoms with van der Waals surface area (Å²) in [5.74, 6) is -1.80. The summed E-state index contributed by atoms with van der Waals surface area (Å²) in [5, 5.41) is 1.17. The number of Topliss-reactive ketones (excluding diaryl/α,β-unsaturated/α-hetero) is 1. The Morgan fingerprint density at radius 1 is 1.50 bits per heavy atom. The van der Waals surface area contributed by atoms with Gasteiger partial charge in [-0.2, -0.15) is 13.2 Å². The average molecular weight is 259 g/mol. The third-order valence-corrected chi connectivity index (χ3v) is 2.59. The van der Waals surface area contributed by atoms with Gasteiger partial charge in [0.05, 0.1) is 3.79 Å². The molecule has 0 aromatic carbocycles. The maximum atomic E-state index is 11.8. The number of carbonyl (C=O) groups is 1. The van der Waals surface area contributed by atoms with Gasteiger partial charge in [0.15, 0.2) is 0 Å². The van der Waals surface area contributed by atoms with Gasteiger partial charge in [0.25, 0.3) is 5.78 Å². The van der Waals surface area contributed by atoms with Crippen molar-refractivity contribution in [2.45, 2.75) is 6.18 Å². The molecule has 1 rings (SSSR count). The molecule has 0 saturated carbocycles. The Morgan fingerprint density at radius 3 is 2.42 bits per heavy atom. The molecule has 1 nitrogen and oxygen atoms in total. The molecule has 0 radical (unpaired) electrons. The van der Waals surface area contributed by atoms with Gasteiger partial charge >= 0.3 is 6.18 Å². The molecule has 1 aromatic rings. The summed E-state index contributed by atoms with van der Waals surface area (Å²) in [5.41, 5.74) is -0.320. The second-order valence-corrected chi connectivity index (χ2v) is 4.26. The first-order valence-corrected chi connectivity index (χ1v) is 4.44. The van der Waals surface area contributed by atoms with Crippen molar-refractivity contribution in [3.63, 3.8) is 0 Å². The van der Waals surface area contributed by atoms with Crippen molar-refractivity contribution in [2.24, 2.45) is 0 Å². The van der Waals surface area contributed by atoms with Crippen LogP contribution in [-0.4, -0.2) is 12.0 Å². The zero-order chi connectivity index (χ0) is 9.35. The Labute approximate surface area is 78.3 Å². The van der Waals surface area contributed by atoms with Crippen molar-refractivity contribution in [1.29, 1.82) is 0 Å². The van der Waals surface area contributed by atoms with Crippen molar-refractivity contribution >= 4 is 33.0 Å². The molecule has 0 aliphatic heterocycles. The summed E-state index contributed by atoms with van der Waals surface area (Å²) >= 11 is 4.01. The molecule has 0 bridgehead atoms. The fraction of sp³-hybridized carbons (Fsp3) is 0.167. The van der Waals surface area contributed by atoms with Crippen LogP contribution in [0.3, 0.4) is 0 Å². The summed E-state index contributed by atoms with van der Waals surface area (Å²) in [7, 11) is 0. The molecule has 0 amide bonds. The van der Waals surface area contributed by atoms with Crippen molar-refractivity contribution in [3.8, 4) is 0 Å². The van der Waals surface area contributed by atoms with Crippen LogP contribution in [0.4, 0.5) is 13.2 Å². The summed E-state index contributed by atoms with van der Waals surface area (Å²) in [6.45, 7) is 0. The fourth-order valence-electron chi connectivity index (χ4n) is 0.593. The summed E-state index contributed by atoms with van der Waals surface area (Å²) in [4.78, 5) is 10.5. The van der Waals surface area contributed by atoms with E-state index in [1.807, 2.05) is 0 Å². The first-order valence-electron chi connectivity index (χ1n) is 2.77. The Hall–Kier alpha value is -0.360. The number of ketones is 1. The number of hydrogen-bond donors (Lipinski definition) is 0. The second-order valence-electron chi connectivity index (χ2n) is 1.97. The smallest absolute Gasteiger partial charge is 0.284 e. The van der Waals surface area contributed by atoms with Gasteiger partial charge in [0, 0.05) is 10.9 Å². The zero-order valence-corrected chi connectivity index (χ0v) is 7.89. The zero-order valence-electron chi connectivity index (χ0n) is 5.48. The third-order valence-electron chi connectivity index (χ3n) is 1.09. The Kier molecular flexibility index (Phi) is 2.58. The van der Waals surface area contributed by atoms with Gasteiger partial charge in [0.1, 0.15) is 0 Å². The summed E-state index contributed by atoms with van der Waals surface area (Å²) in [6.07, 6.45) is -4.78. The lowest BCUT2D eigenvalue weighted by Gasteiger charge is -2.01. The highest BCUT2D eigenvalue weighted by Crippen LogP contribution is 2.27. The molecule has 1 aromatic heterocycles. The van der Waals surface area contributed by atoms with E-state index in [1.54, 1.807) is 0 Å². The summed E-state index contributed by atoms with van der Waals surface area (Å²) in [6, 6.07) is 1.15. The number of hydrogen-bond acceptors (Lipinski definition) is 2. The Morgan fingerprint density at radius 2 is 2.08 bits per heavy atom. The Bertz CT molecular complexity index is 304. The topological polar surface area (TPSA) is 17.1 Å². The Balaban J connectivity index is 2.93. The largest absolute Gasteiger partial charge is 0.454 e. The van der Waals surface area contributed by atoms with Gasteiger partial charge in [-0.1, -0.05) is 0 Å². The van der Waals surface area contributed by atoms with Gasteiger partial charge in [-0.05, 0) is 22.0 Å². The third kappa shape index (κ3) is 2.07. The van der Waals surface area contributed by atoms with Crippen LogP contribution in [0.1, 0.15) is 10.4 Å². The maximum Gasteiger partial charge on any atom is 0.454 e. The molecule has 0 N–H and O–H groups in total. The van der Waals surface area contributed by atoms with E-state index < -0.39 is 12.0 Å². The van der Waals surface area contributed by atoms with Crippen molar-refractivity contribution in [2.75, 3.05) is 0 Å². The van der Waals surface area contributed by atoms with Crippen molar-refractivity contribution in [3.05, 3.63) is 20.8 Å².